The average Bonchev–Trinajstić information content (AvgIpc) is 3.06. The minimum atomic E-state index is -3.86. The lowest BCUT2D eigenvalue weighted by molar-refractivity contribution is 0.400. The fourth-order valence-corrected chi connectivity index (χ4v) is 4.10. The number of hydrogen-bond acceptors (Lipinski definition) is 5. The second kappa shape index (κ2) is 7.36. The number of hydrogen-bond donors (Lipinski definition) is 0. The van der Waals surface area contributed by atoms with Crippen LogP contribution in [0.1, 0.15) is 11.5 Å². The molecular formula is C17H15Cl2N3O3S. The number of aryl methyl sites for hydroxylation is 1. The molecule has 0 amide bonds. The van der Waals surface area contributed by atoms with E-state index in [-0.39, 0.29) is 27.4 Å². The molecule has 3 aromatic rings. The third-order valence-electron chi connectivity index (χ3n) is 3.70. The normalized spacial score (nSPS) is 11.9. The molecular weight excluding hydrogens is 397 g/mol. The zero-order valence-electron chi connectivity index (χ0n) is 14.0. The molecule has 0 saturated heterocycles. The molecule has 0 fully saturated rings. The summed E-state index contributed by atoms with van der Waals surface area (Å²) in [5, 5.41) is 8.26. The van der Waals surface area contributed by atoms with Crippen LogP contribution in [0.25, 0.3) is 11.5 Å². The molecule has 1 heterocycles. The van der Waals surface area contributed by atoms with Crippen LogP contribution in [0.5, 0.6) is 0 Å². The Kier molecular flexibility index (Phi) is 5.34. The molecule has 0 spiro atoms. The van der Waals surface area contributed by atoms with Crippen molar-refractivity contribution in [1.29, 1.82) is 0 Å². The summed E-state index contributed by atoms with van der Waals surface area (Å²) in [5.41, 5.74) is 1.87. The number of halogens is 2. The number of rotatable bonds is 5. The SMILES string of the molecule is Cc1ccc(-c2nnc(CN(C)S(=O)(=O)c3cc(Cl)ccc3Cl)o2)cc1. The Morgan fingerprint density at radius 2 is 1.77 bits per heavy atom. The molecule has 0 aliphatic rings. The maximum Gasteiger partial charge on any atom is 0.247 e. The molecule has 6 nitrogen and oxygen atoms in total. The predicted octanol–water partition coefficient (Wildman–Crippen LogP) is 4.17. The van der Waals surface area contributed by atoms with E-state index in [1.165, 1.54) is 25.2 Å². The van der Waals surface area contributed by atoms with Gasteiger partial charge in [0.1, 0.15) is 4.90 Å². The van der Waals surface area contributed by atoms with E-state index < -0.39 is 10.0 Å². The molecule has 3 rings (SSSR count). The highest BCUT2D eigenvalue weighted by Gasteiger charge is 2.26. The van der Waals surface area contributed by atoms with Crippen molar-refractivity contribution in [1.82, 2.24) is 14.5 Å². The molecule has 26 heavy (non-hydrogen) atoms. The Morgan fingerprint density at radius 3 is 2.46 bits per heavy atom. The van der Waals surface area contributed by atoms with Gasteiger partial charge in [-0.1, -0.05) is 40.9 Å². The van der Waals surface area contributed by atoms with Crippen LogP contribution >= 0.6 is 23.2 Å². The van der Waals surface area contributed by atoms with Crippen molar-refractivity contribution in [3.8, 4) is 11.5 Å². The summed E-state index contributed by atoms with van der Waals surface area (Å²) in [6.07, 6.45) is 0. The lowest BCUT2D eigenvalue weighted by atomic mass is 10.1. The zero-order chi connectivity index (χ0) is 18.9. The van der Waals surface area contributed by atoms with Crippen LogP contribution in [0.15, 0.2) is 51.8 Å². The lowest BCUT2D eigenvalue weighted by Gasteiger charge is -2.16. The van der Waals surface area contributed by atoms with E-state index in [2.05, 4.69) is 10.2 Å². The first-order valence-electron chi connectivity index (χ1n) is 7.58. The summed E-state index contributed by atoms with van der Waals surface area (Å²) in [5.74, 6) is 0.497. The van der Waals surface area contributed by atoms with E-state index in [9.17, 15) is 8.42 Å². The van der Waals surface area contributed by atoms with Crippen molar-refractivity contribution >= 4 is 33.2 Å². The van der Waals surface area contributed by atoms with Crippen LogP contribution in [0, 0.1) is 6.92 Å². The van der Waals surface area contributed by atoms with Gasteiger partial charge >= 0.3 is 0 Å². The molecule has 136 valence electrons. The van der Waals surface area contributed by atoms with E-state index >= 15 is 0 Å². The molecule has 0 unspecified atom stereocenters. The summed E-state index contributed by atoms with van der Waals surface area (Å²) in [6, 6.07) is 11.8. The van der Waals surface area contributed by atoms with Crippen molar-refractivity contribution in [2.45, 2.75) is 18.4 Å². The van der Waals surface area contributed by atoms with Crippen LogP contribution in [-0.2, 0) is 16.6 Å². The monoisotopic (exact) mass is 411 g/mol. The zero-order valence-corrected chi connectivity index (χ0v) is 16.3. The fraction of sp³-hybridized carbons (Fsp3) is 0.176. The summed E-state index contributed by atoms with van der Waals surface area (Å²) in [6.45, 7) is 1.88. The van der Waals surface area contributed by atoms with Crippen molar-refractivity contribution in [3.63, 3.8) is 0 Å². The lowest BCUT2D eigenvalue weighted by Crippen LogP contribution is -2.27. The maximum atomic E-state index is 12.7. The van der Waals surface area contributed by atoms with Gasteiger partial charge < -0.3 is 4.42 Å². The smallest absolute Gasteiger partial charge is 0.247 e. The maximum absolute atomic E-state index is 12.7. The molecule has 2 aromatic carbocycles. The van der Waals surface area contributed by atoms with Crippen LogP contribution in [-0.4, -0.2) is 30.0 Å². The second-order valence-electron chi connectivity index (χ2n) is 5.70. The average molecular weight is 412 g/mol. The first-order chi connectivity index (χ1) is 12.3. The van der Waals surface area contributed by atoms with Crippen molar-refractivity contribution in [2.75, 3.05) is 7.05 Å². The van der Waals surface area contributed by atoms with E-state index in [1.54, 1.807) is 0 Å². The van der Waals surface area contributed by atoms with Gasteiger partial charge in [-0.15, -0.1) is 10.2 Å². The third kappa shape index (κ3) is 3.91. The van der Waals surface area contributed by atoms with Gasteiger partial charge in [-0.3, -0.25) is 0 Å². The van der Waals surface area contributed by atoms with Gasteiger partial charge in [-0.2, -0.15) is 4.31 Å². The third-order valence-corrected chi connectivity index (χ3v) is 6.22. The Labute approximate surface area is 161 Å². The molecule has 1 aromatic heterocycles. The molecule has 0 radical (unpaired) electrons. The van der Waals surface area contributed by atoms with Crippen LogP contribution in [0.3, 0.4) is 0 Å². The highest BCUT2D eigenvalue weighted by molar-refractivity contribution is 7.89. The summed E-state index contributed by atoms with van der Waals surface area (Å²) in [4.78, 5) is -0.0764. The number of sulfonamides is 1. The Hall–Kier alpha value is -1.93. The highest BCUT2D eigenvalue weighted by Crippen LogP contribution is 2.28. The molecule has 9 heteroatoms. The summed E-state index contributed by atoms with van der Waals surface area (Å²) in [7, 11) is -2.46. The minimum Gasteiger partial charge on any atom is -0.419 e. The van der Waals surface area contributed by atoms with Crippen LogP contribution < -0.4 is 0 Å². The van der Waals surface area contributed by atoms with Gasteiger partial charge in [0.15, 0.2) is 0 Å². The number of nitrogens with zero attached hydrogens (tertiary/aromatic N) is 3. The molecule has 0 bridgehead atoms. The van der Waals surface area contributed by atoms with Gasteiger partial charge in [0.05, 0.1) is 11.6 Å². The predicted molar refractivity (Wildman–Crippen MR) is 99.6 cm³/mol. The van der Waals surface area contributed by atoms with Crippen LogP contribution in [0.4, 0.5) is 0 Å². The van der Waals surface area contributed by atoms with Crippen molar-refractivity contribution in [2.24, 2.45) is 0 Å². The molecule has 0 N–H and O–H groups in total. The van der Waals surface area contributed by atoms with E-state index in [1.807, 2.05) is 31.2 Å². The van der Waals surface area contributed by atoms with Gasteiger partial charge in [-0.25, -0.2) is 8.42 Å². The van der Waals surface area contributed by atoms with Gasteiger partial charge in [-0.05, 0) is 37.3 Å². The molecule has 0 aliphatic carbocycles. The van der Waals surface area contributed by atoms with Crippen molar-refractivity contribution < 1.29 is 12.8 Å². The number of benzene rings is 2. The minimum absolute atomic E-state index is 0.0764. The van der Waals surface area contributed by atoms with Crippen LogP contribution in [0.2, 0.25) is 10.0 Å². The Bertz CT molecular complexity index is 1030. The summed E-state index contributed by atoms with van der Waals surface area (Å²) >= 11 is 11.9. The van der Waals surface area contributed by atoms with Gasteiger partial charge in [0.25, 0.3) is 0 Å². The topological polar surface area (TPSA) is 76.3 Å². The molecule has 0 aliphatic heterocycles. The Morgan fingerprint density at radius 1 is 1.08 bits per heavy atom. The fourth-order valence-electron chi connectivity index (χ4n) is 2.25. The number of aromatic nitrogens is 2. The van der Waals surface area contributed by atoms with E-state index in [0.717, 1.165) is 15.4 Å². The van der Waals surface area contributed by atoms with Crippen molar-refractivity contribution in [3.05, 3.63) is 64.0 Å². The standard InChI is InChI=1S/C17H15Cl2N3O3S/c1-11-3-5-12(6-4-11)17-21-20-16(25-17)10-22(2)26(23,24)15-9-13(18)7-8-14(15)19/h3-9H,10H2,1-2H3. The van der Waals surface area contributed by atoms with E-state index in [4.69, 9.17) is 27.6 Å². The Balaban J connectivity index is 1.82. The summed E-state index contributed by atoms with van der Waals surface area (Å²) < 4.78 is 32.1. The quantitative estimate of drug-likeness (QED) is 0.629. The molecule has 0 saturated carbocycles. The highest BCUT2D eigenvalue weighted by atomic mass is 35.5. The second-order valence-corrected chi connectivity index (χ2v) is 8.56. The first kappa shape index (κ1) is 18.8. The van der Waals surface area contributed by atoms with E-state index in [0.29, 0.717) is 5.89 Å². The van der Waals surface area contributed by atoms with Gasteiger partial charge in [0.2, 0.25) is 21.8 Å². The largest absolute Gasteiger partial charge is 0.419 e. The van der Waals surface area contributed by atoms with Gasteiger partial charge in [0, 0.05) is 17.6 Å². The molecule has 0 atom stereocenters. The first-order valence-corrected chi connectivity index (χ1v) is 9.78.